The molecule has 0 spiro atoms. The molecule has 1 aromatic heterocycles. The van der Waals surface area contributed by atoms with Crippen LogP contribution in [0, 0.1) is 0 Å². The molecule has 2 heterocycles. The van der Waals surface area contributed by atoms with E-state index in [2.05, 4.69) is 12.0 Å². The zero-order chi connectivity index (χ0) is 19.6. The van der Waals surface area contributed by atoms with Gasteiger partial charge < -0.3 is 19.0 Å². The lowest BCUT2D eigenvalue weighted by atomic mass is 9.96. The average molecular weight is 360 g/mol. The van der Waals surface area contributed by atoms with Crippen molar-refractivity contribution in [1.29, 1.82) is 1.43 Å². The van der Waals surface area contributed by atoms with Crippen molar-refractivity contribution in [2.24, 2.45) is 0 Å². The van der Waals surface area contributed by atoms with Gasteiger partial charge in [0.05, 0.1) is 17.1 Å². The molecule has 0 saturated carbocycles. The third-order valence-corrected chi connectivity index (χ3v) is 4.46. The van der Waals surface area contributed by atoms with Crippen LogP contribution < -0.4 is 15.1 Å². The number of rotatable bonds is 7. The summed E-state index contributed by atoms with van der Waals surface area (Å²) < 4.78 is 24.7. The maximum absolute atomic E-state index is 12.0. The van der Waals surface area contributed by atoms with Crippen LogP contribution in [0.5, 0.6) is 11.5 Å². The van der Waals surface area contributed by atoms with Gasteiger partial charge in [-0.15, -0.1) is 0 Å². The Labute approximate surface area is 154 Å². The molecule has 5 heteroatoms. The largest absolute Gasteiger partial charge is 0.490 e. The summed E-state index contributed by atoms with van der Waals surface area (Å²) in [6.45, 7) is 8.24. The van der Waals surface area contributed by atoms with Crippen molar-refractivity contribution in [3.63, 3.8) is 0 Å². The Hall–Kier alpha value is -2.27. The summed E-state index contributed by atoms with van der Waals surface area (Å²) in [7, 11) is 0. The highest BCUT2D eigenvalue weighted by Crippen LogP contribution is 2.44. The fourth-order valence-electron chi connectivity index (χ4n) is 3.21. The third kappa shape index (κ3) is 3.63. The quantitative estimate of drug-likeness (QED) is 0.754. The predicted molar refractivity (Wildman–Crippen MR) is 102 cm³/mol. The van der Waals surface area contributed by atoms with Crippen LogP contribution >= 0.6 is 0 Å². The van der Waals surface area contributed by atoms with Gasteiger partial charge >= 0.3 is 5.63 Å². The molecule has 1 atom stereocenters. The number of aliphatic hydroxyl groups excluding tert-OH is 1. The molecule has 0 saturated heterocycles. The smallest absolute Gasteiger partial charge is 0.336 e. The molecule has 0 bridgehead atoms. The van der Waals surface area contributed by atoms with E-state index in [1.807, 2.05) is 32.9 Å². The summed E-state index contributed by atoms with van der Waals surface area (Å²) in [5.41, 5.74) is 1.39. The van der Waals surface area contributed by atoms with Crippen molar-refractivity contribution in [1.82, 2.24) is 0 Å². The highest BCUT2D eigenvalue weighted by atomic mass is 16.5. The van der Waals surface area contributed by atoms with E-state index in [-0.39, 0.29) is 18.3 Å². The van der Waals surface area contributed by atoms with Crippen LogP contribution in [-0.2, 0) is 6.42 Å². The summed E-state index contributed by atoms with van der Waals surface area (Å²) in [4.78, 5) is 12.0. The second-order valence-electron chi connectivity index (χ2n) is 7.29. The van der Waals surface area contributed by atoms with E-state index in [0.29, 0.717) is 23.5 Å². The van der Waals surface area contributed by atoms with Crippen molar-refractivity contribution in [2.75, 3.05) is 6.61 Å². The van der Waals surface area contributed by atoms with E-state index < -0.39 is 5.60 Å². The summed E-state index contributed by atoms with van der Waals surface area (Å²) in [5, 5.41) is 5.22. The Morgan fingerprint density at radius 3 is 2.92 bits per heavy atom. The van der Waals surface area contributed by atoms with Crippen LogP contribution in [-0.4, -0.2) is 24.9 Å². The Balaban J connectivity index is 2.19. The maximum Gasteiger partial charge on any atom is 0.336 e. The van der Waals surface area contributed by atoms with Crippen LogP contribution in [0.4, 0.5) is 0 Å². The van der Waals surface area contributed by atoms with Gasteiger partial charge in [0.25, 0.3) is 0 Å². The second kappa shape index (κ2) is 7.16. The lowest BCUT2D eigenvalue weighted by Gasteiger charge is -2.30. The first-order valence-electron chi connectivity index (χ1n) is 9.52. The van der Waals surface area contributed by atoms with Crippen molar-refractivity contribution >= 4 is 17.0 Å². The van der Waals surface area contributed by atoms with E-state index in [1.165, 1.54) is 0 Å². The first-order chi connectivity index (χ1) is 12.8. The van der Waals surface area contributed by atoms with Crippen molar-refractivity contribution in [2.45, 2.75) is 58.7 Å². The maximum atomic E-state index is 12.0. The molecule has 1 aliphatic heterocycles. The van der Waals surface area contributed by atoms with Gasteiger partial charge in [-0.05, 0) is 44.9 Å². The Kier molecular flexibility index (Phi) is 4.72. The lowest BCUT2D eigenvalue weighted by molar-refractivity contribution is 0.154. The molecule has 1 aliphatic rings. The van der Waals surface area contributed by atoms with Crippen LogP contribution in [0.15, 0.2) is 27.4 Å². The van der Waals surface area contributed by atoms with E-state index in [4.69, 9.17) is 15.3 Å². The molecule has 0 fully saturated rings. The van der Waals surface area contributed by atoms with Gasteiger partial charge in [-0.2, -0.15) is 0 Å². The van der Waals surface area contributed by atoms with Gasteiger partial charge in [-0.1, -0.05) is 13.3 Å². The molecule has 1 unspecified atom stereocenters. The topological polar surface area (TPSA) is 68.9 Å². The second-order valence-corrected chi connectivity index (χ2v) is 7.29. The van der Waals surface area contributed by atoms with Gasteiger partial charge in [0.1, 0.15) is 22.7 Å². The Morgan fingerprint density at radius 2 is 2.19 bits per heavy atom. The highest BCUT2D eigenvalue weighted by molar-refractivity contribution is 5.94. The van der Waals surface area contributed by atoms with E-state index >= 15 is 0 Å². The Bertz CT molecular complexity index is 913. The van der Waals surface area contributed by atoms with Gasteiger partial charge in [-0.3, -0.25) is 0 Å². The minimum Gasteiger partial charge on any atom is -0.490 e. The summed E-state index contributed by atoms with van der Waals surface area (Å²) in [6.07, 6.45) is 6.08. The Morgan fingerprint density at radius 1 is 1.38 bits per heavy atom. The number of hydrogen-bond donors (Lipinski definition) is 1. The minimum absolute atomic E-state index is 0.161. The van der Waals surface area contributed by atoms with Crippen molar-refractivity contribution in [3.05, 3.63) is 39.8 Å². The molecular formula is C21H26O5. The normalized spacial score (nSPS) is 16.7. The molecular weight excluding hydrogens is 332 g/mol. The number of fused-ring (bicyclic) bond motifs is 3. The first-order valence-corrected chi connectivity index (χ1v) is 9.11. The first kappa shape index (κ1) is 17.2. The molecule has 1 N–H and O–H groups in total. The zero-order valence-corrected chi connectivity index (χ0v) is 15.8. The molecule has 5 nitrogen and oxygen atoms in total. The summed E-state index contributed by atoms with van der Waals surface area (Å²) in [5.74, 6) is 1.28. The van der Waals surface area contributed by atoms with Crippen molar-refractivity contribution < 1.29 is 19.0 Å². The third-order valence-electron chi connectivity index (χ3n) is 4.46. The summed E-state index contributed by atoms with van der Waals surface area (Å²) in [6, 6.07) is 3.31. The van der Waals surface area contributed by atoms with Gasteiger partial charge in [0.2, 0.25) is 1.43 Å². The standard InChI is InChI=1S/C21H26O5/c1-5-6-14-11-18(23)25-17-12-16(24-13(2)8-10-22)15-7-9-21(3,4)26-20(15)19(14)17/h7,9,11-13,22H,5-6,8,10H2,1-4H3/i22T. The molecule has 3 rings (SSSR count). The monoisotopic (exact) mass is 360 g/mol. The molecule has 2 aromatic rings. The molecule has 26 heavy (non-hydrogen) atoms. The van der Waals surface area contributed by atoms with Gasteiger partial charge in [0.15, 0.2) is 0 Å². The SMILES string of the molecule is [3H]OCCC(C)Oc1cc2oc(=O)cc(CCC)c2c2c1C=CC(C)(C)O2. The number of hydrogen-bond acceptors (Lipinski definition) is 5. The molecule has 140 valence electrons. The van der Waals surface area contributed by atoms with E-state index in [0.717, 1.165) is 29.4 Å². The lowest BCUT2D eigenvalue weighted by Crippen LogP contribution is -2.28. The average Bonchev–Trinajstić information content (AvgIpc) is 2.58. The number of ether oxygens (including phenoxy) is 2. The number of aryl methyl sites for hydroxylation is 1. The van der Waals surface area contributed by atoms with Crippen LogP contribution in [0.25, 0.3) is 17.0 Å². The van der Waals surface area contributed by atoms with Gasteiger partial charge in [-0.25, -0.2) is 4.79 Å². The van der Waals surface area contributed by atoms with E-state index in [9.17, 15) is 4.79 Å². The molecule has 0 aliphatic carbocycles. The molecule has 0 amide bonds. The van der Waals surface area contributed by atoms with Crippen LogP contribution in [0.3, 0.4) is 0 Å². The van der Waals surface area contributed by atoms with Gasteiger partial charge in [0, 0.05) is 25.2 Å². The van der Waals surface area contributed by atoms with Crippen LogP contribution in [0.1, 0.15) is 51.7 Å². The molecule has 0 radical (unpaired) electrons. The van der Waals surface area contributed by atoms with E-state index in [1.54, 1.807) is 12.1 Å². The predicted octanol–water partition coefficient (Wildman–Crippen LogP) is 4.08. The fraction of sp³-hybridized carbons (Fsp3) is 0.476. The van der Waals surface area contributed by atoms with Crippen molar-refractivity contribution in [3.8, 4) is 11.5 Å². The molecule has 1 aromatic carbocycles. The minimum atomic E-state index is -0.469. The van der Waals surface area contributed by atoms with Crippen LogP contribution in [0.2, 0.25) is 0 Å². The number of aliphatic hydroxyl groups is 1. The summed E-state index contributed by atoms with van der Waals surface area (Å²) >= 11 is 0. The number of benzene rings is 1. The zero-order valence-electron chi connectivity index (χ0n) is 16.8. The fourth-order valence-corrected chi connectivity index (χ4v) is 3.21. The highest BCUT2D eigenvalue weighted by Gasteiger charge is 2.28.